The number of phosphoric ester groups is 2. The highest BCUT2D eigenvalue weighted by Crippen LogP contribution is 2.40. The first-order chi connectivity index (χ1) is 12.0. The summed E-state index contributed by atoms with van der Waals surface area (Å²) in [6, 6.07) is 0. The van der Waals surface area contributed by atoms with Crippen LogP contribution in [0.25, 0.3) is 11.2 Å². The first-order valence-corrected chi connectivity index (χ1v) is 10.1. The Bertz CT molecular complexity index is 893. The molecule has 144 valence electrons. The van der Waals surface area contributed by atoms with E-state index in [0.717, 1.165) is 6.33 Å². The molecule has 5 N–H and O–H groups in total. The summed E-state index contributed by atoms with van der Waals surface area (Å²) in [7, 11) is -9.57. The van der Waals surface area contributed by atoms with Crippen molar-refractivity contribution in [3.05, 3.63) is 12.7 Å². The summed E-state index contributed by atoms with van der Waals surface area (Å²) in [4.78, 5) is 46.8. The molecule has 0 aromatic carbocycles. The van der Waals surface area contributed by atoms with Crippen LogP contribution in [0.4, 0.5) is 0 Å². The van der Waals surface area contributed by atoms with Crippen LogP contribution >= 0.6 is 15.6 Å². The average Bonchev–Trinajstić information content (AvgIpc) is 3.07. The fraction of sp³-hybridized carbons (Fsp3) is 0.500. The molecule has 0 radical (unpaired) electrons. The monoisotopic (exact) mass is 412 g/mol. The topological polar surface area (TPSA) is 207 Å². The number of imidazole rings is 1. The summed E-state index contributed by atoms with van der Waals surface area (Å²) in [5.41, 5.74) is 0.0843. The van der Waals surface area contributed by atoms with Crippen LogP contribution in [-0.4, -0.2) is 63.0 Å². The van der Waals surface area contributed by atoms with Gasteiger partial charge in [0.15, 0.2) is 11.2 Å². The fourth-order valence-corrected chi connectivity index (χ4v) is 3.13. The van der Waals surface area contributed by atoms with Crippen molar-refractivity contribution in [2.75, 3.05) is 6.61 Å². The van der Waals surface area contributed by atoms with E-state index in [-0.39, 0.29) is 17.6 Å². The van der Waals surface area contributed by atoms with Gasteiger partial charge in [-0.2, -0.15) is 4.98 Å². The molecule has 1 aliphatic rings. The predicted octanol–water partition coefficient (Wildman–Crippen LogP) is -0.945. The Balaban J connectivity index is 1.82. The maximum atomic E-state index is 11.0. The van der Waals surface area contributed by atoms with Gasteiger partial charge in [0.2, 0.25) is 0 Å². The molecular weight excluding hydrogens is 398 g/mol. The van der Waals surface area contributed by atoms with Crippen molar-refractivity contribution < 1.29 is 47.6 Å². The van der Waals surface area contributed by atoms with Crippen molar-refractivity contribution >= 4 is 26.8 Å². The number of aromatic nitrogens is 4. The largest absolute Gasteiger partial charge is 0.526 e. The smallest absolute Gasteiger partial charge is 0.390 e. The molecule has 1 saturated heterocycles. The van der Waals surface area contributed by atoms with Gasteiger partial charge in [-0.3, -0.25) is 18.9 Å². The van der Waals surface area contributed by atoms with Crippen LogP contribution in [0.2, 0.25) is 0 Å². The number of nitrogens with zero attached hydrogens (tertiary/aromatic N) is 4. The minimum absolute atomic E-state index is 0.0381. The Morgan fingerprint density at radius 3 is 2.58 bits per heavy atom. The lowest BCUT2D eigenvalue weighted by atomic mass is 10.2. The lowest BCUT2D eigenvalue weighted by molar-refractivity contribution is -0.0424. The summed E-state index contributed by atoms with van der Waals surface area (Å²) in [5.74, 6) is -0.429. The van der Waals surface area contributed by atoms with E-state index in [0.29, 0.717) is 0 Å². The molecule has 14 nitrogen and oxygen atoms in total. The third-order valence-electron chi connectivity index (χ3n) is 3.45. The van der Waals surface area contributed by atoms with Crippen LogP contribution in [0.3, 0.4) is 0 Å². The van der Waals surface area contributed by atoms with Gasteiger partial charge in [-0.15, -0.1) is 0 Å². The van der Waals surface area contributed by atoms with Gasteiger partial charge in [-0.1, -0.05) is 0 Å². The van der Waals surface area contributed by atoms with Crippen LogP contribution in [-0.2, 0) is 18.4 Å². The van der Waals surface area contributed by atoms with Gasteiger partial charge >= 0.3 is 15.6 Å². The molecule has 2 aromatic rings. The molecule has 3 rings (SSSR count). The van der Waals surface area contributed by atoms with Crippen molar-refractivity contribution in [3.63, 3.8) is 0 Å². The highest BCUT2D eigenvalue weighted by Gasteiger charge is 2.37. The Kier molecular flexibility index (Phi) is 5.14. The molecule has 0 amide bonds. The molecule has 0 aliphatic carbocycles. The highest BCUT2D eigenvalue weighted by molar-refractivity contribution is 7.46. The molecule has 2 aromatic heterocycles. The first kappa shape index (κ1) is 19.3. The summed E-state index contributed by atoms with van der Waals surface area (Å²) in [6.07, 6.45) is -0.590. The third-order valence-corrected chi connectivity index (χ3v) is 4.35. The molecule has 0 bridgehead atoms. The zero-order valence-corrected chi connectivity index (χ0v) is 14.6. The lowest BCUT2D eigenvalue weighted by Crippen LogP contribution is -2.25. The number of phosphoric acid groups is 2. The van der Waals surface area contributed by atoms with E-state index >= 15 is 0 Å². The second kappa shape index (κ2) is 6.93. The molecule has 3 heterocycles. The van der Waals surface area contributed by atoms with Gasteiger partial charge in [0.05, 0.1) is 19.0 Å². The fourth-order valence-electron chi connectivity index (χ4n) is 2.43. The van der Waals surface area contributed by atoms with Crippen LogP contribution in [0.15, 0.2) is 12.7 Å². The molecule has 16 heteroatoms. The van der Waals surface area contributed by atoms with Gasteiger partial charge in [0.25, 0.3) is 5.88 Å². The number of fused-ring (bicyclic) bond motifs is 1. The van der Waals surface area contributed by atoms with Crippen LogP contribution in [0.1, 0.15) is 12.6 Å². The molecule has 0 unspecified atom stereocenters. The summed E-state index contributed by atoms with van der Waals surface area (Å²) < 4.78 is 37.4. The Morgan fingerprint density at radius 2 is 1.92 bits per heavy atom. The normalized spacial score (nSPS) is 24.3. The second-order valence-electron chi connectivity index (χ2n) is 5.30. The van der Waals surface area contributed by atoms with Crippen molar-refractivity contribution in [3.8, 4) is 5.88 Å². The number of hydrogen-bond donors (Lipinski definition) is 5. The van der Waals surface area contributed by atoms with Crippen molar-refractivity contribution in [2.45, 2.75) is 24.9 Å². The molecule has 1 fully saturated rings. The SMILES string of the molecule is O=P(O)(O)OC[C@H]1O[C@@H](n2cnc3c(OP(=O)(O)O)ncnc32)C[C@@H]1O. The van der Waals surface area contributed by atoms with Gasteiger partial charge in [-0.05, 0) is 0 Å². The van der Waals surface area contributed by atoms with Gasteiger partial charge in [0.1, 0.15) is 18.7 Å². The van der Waals surface area contributed by atoms with Crippen molar-refractivity contribution in [1.29, 1.82) is 0 Å². The minimum atomic E-state index is -4.85. The maximum Gasteiger partial charge on any atom is 0.526 e. The maximum absolute atomic E-state index is 11.0. The quantitative estimate of drug-likeness (QED) is 0.363. The van der Waals surface area contributed by atoms with E-state index in [2.05, 4.69) is 24.0 Å². The van der Waals surface area contributed by atoms with Crippen LogP contribution in [0, 0.1) is 0 Å². The van der Waals surface area contributed by atoms with E-state index in [1.807, 2.05) is 0 Å². The Labute approximate surface area is 144 Å². The average molecular weight is 412 g/mol. The van der Waals surface area contributed by atoms with Gasteiger partial charge in [-0.25, -0.2) is 19.1 Å². The van der Waals surface area contributed by atoms with E-state index in [1.165, 1.54) is 10.9 Å². The van der Waals surface area contributed by atoms with E-state index in [4.69, 9.17) is 24.3 Å². The number of hydrogen-bond acceptors (Lipinski definition) is 9. The molecule has 0 spiro atoms. The van der Waals surface area contributed by atoms with Gasteiger partial charge in [0, 0.05) is 6.42 Å². The number of aliphatic hydroxyl groups is 1. The second-order valence-corrected chi connectivity index (χ2v) is 7.71. The van der Waals surface area contributed by atoms with Crippen LogP contribution < -0.4 is 4.52 Å². The zero-order chi connectivity index (χ0) is 19.1. The minimum Gasteiger partial charge on any atom is -0.390 e. The van der Waals surface area contributed by atoms with Crippen LogP contribution in [0.5, 0.6) is 5.88 Å². The van der Waals surface area contributed by atoms with Gasteiger partial charge < -0.3 is 24.2 Å². The first-order valence-electron chi connectivity index (χ1n) is 7.00. The highest BCUT2D eigenvalue weighted by atomic mass is 31.2. The molecule has 26 heavy (non-hydrogen) atoms. The Morgan fingerprint density at radius 1 is 1.19 bits per heavy atom. The number of ether oxygens (including phenoxy) is 1. The molecule has 0 saturated carbocycles. The number of rotatable bonds is 6. The number of aliphatic hydroxyl groups excluding tert-OH is 1. The molecular formula is C10H14N4O10P2. The third kappa shape index (κ3) is 4.43. The van der Waals surface area contributed by atoms with E-state index in [1.54, 1.807) is 0 Å². The van der Waals surface area contributed by atoms with Crippen molar-refractivity contribution in [1.82, 2.24) is 19.5 Å². The molecule has 3 atom stereocenters. The molecule has 1 aliphatic heterocycles. The summed E-state index contributed by atoms with van der Waals surface area (Å²) in [6.45, 7) is -0.532. The van der Waals surface area contributed by atoms with Crippen molar-refractivity contribution in [2.24, 2.45) is 0 Å². The van der Waals surface area contributed by atoms with E-state index in [9.17, 15) is 14.2 Å². The standard InChI is InChI=1S/C10H14N4O10P2/c15-5-1-7(23-6(5)2-22-25(16,17)18)14-4-13-8-9(14)11-3-12-10(8)24-26(19,20)21/h3-7,15H,1-2H2,(H2,16,17,18)(H2,19,20,21)/t5-,6+,7+/m0/s1. The predicted molar refractivity (Wildman–Crippen MR) is 80.5 cm³/mol. The Hall–Kier alpha value is -1.47. The van der Waals surface area contributed by atoms with E-state index < -0.39 is 46.6 Å². The summed E-state index contributed by atoms with van der Waals surface area (Å²) >= 11 is 0. The summed E-state index contributed by atoms with van der Waals surface area (Å²) in [5, 5.41) is 9.98. The lowest BCUT2D eigenvalue weighted by Gasteiger charge is -2.16. The zero-order valence-electron chi connectivity index (χ0n) is 12.8.